The number of rotatable bonds is 6. The van der Waals surface area contributed by atoms with Gasteiger partial charge in [-0.25, -0.2) is 9.18 Å². The Labute approximate surface area is 152 Å². The van der Waals surface area contributed by atoms with Crippen LogP contribution in [0.4, 0.5) is 9.18 Å². The van der Waals surface area contributed by atoms with Crippen LogP contribution in [0.1, 0.15) is 11.6 Å². The van der Waals surface area contributed by atoms with Crippen LogP contribution in [0.15, 0.2) is 48.2 Å². The number of nitrogens with one attached hydrogen (secondary N) is 1. The molecule has 0 saturated carbocycles. The van der Waals surface area contributed by atoms with E-state index < -0.39 is 6.04 Å². The largest absolute Gasteiger partial charge is 0.332 e. The number of likely N-dealkylation sites (N-methyl/N-ethyl adjacent to an activating group) is 1. The molecule has 0 aromatic heterocycles. The monoisotopic (exact) mass is 358 g/mol. The van der Waals surface area contributed by atoms with Crippen molar-refractivity contribution in [1.82, 2.24) is 20.0 Å². The number of carbonyl (C=O) groups excluding carboxylic acids is 2. The van der Waals surface area contributed by atoms with Crippen LogP contribution >= 0.6 is 0 Å². The van der Waals surface area contributed by atoms with Crippen LogP contribution in [-0.4, -0.2) is 66.9 Å². The van der Waals surface area contributed by atoms with Crippen LogP contribution < -0.4 is 5.32 Å². The van der Waals surface area contributed by atoms with E-state index in [1.165, 1.54) is 12.1 Å². The van der Waals surface area contributed by atoms with Gasteiger partial charge in [0.25, 0.3) is 5.91 Å². The highest BCUT2D eigenvalue weighted by atomic mass is 19.1. The summed E-state index contributed by atoms with van der Waals surface area (Å²) >= 11 is 0. The Morgan fingerprint density at radius 1 is 1.31 bits per heavy atom. The predicted octanol–water partition coefficient (Wildman–Crippen LogP) is 1.74. The molecule has 0 fully saturated rings. The summed E-state index contributed by atoms with van der Waals surface area (Å²) in [4.78, 5) is 30.9. The lowest BCUT2D eigenvalue weighted by Gasteiger charge is -2.33. The molecular formula is C19H23FN4O2. The minimum Gasteiger partial charge on any atom is -0.332 e. The zero-order valence-electron chi connectivity index (χ0n) is 15.0. The van der Waals surface area contributed by atoms with E-state index in [-0.39, 0.29) is 17.8 Å². The number of urea groups is 1. The Morgan fingerprint density at radius 2 is 2.00 bits per heavy atom. The zero-order valence-corrected chi connectivity index (χ0v) is 15.0. The quantitative estimate of drug-likeness (QED) is 0.788. The molecule has 0 bridgehead atoms. The van der Waals surface area contributed by atoms with Crippen LogP contribution in [-0.2, 0) is 4.79 Å². The summed E-state index contributed by atoms with van der Waals surface area (Å²) in [5.74, 6) is -0.450. The Hall–Kier alpha value is -2.67. The first kappa shape index (κ1) is 18.1. The van der Waals surface area contributed by atoms with Gasteiger partial charge in [-0.1, -0.05) is 18.2 Å². The maximum absolute atomic E-state index is 13.3. The number of nitrogens with zero attached hydrogens (tertiary/aromatic N) is 3. The zero-order chi connectivity index (χ0) is 18.8. The van der Waals surface area contributed by atoms with Crippen molar-refractivity contribution in [2.75, 3.05) is 40.3 Å². The number of carbonyl (C=O) groups is 2. The fourth-order valence-corrected chi connectivity index (χ4v) is 3.28. The first-order chi connectivity index (χ1) is 12.4. The van der Waals surface area contributed by atoms with E-state index in [9.17, 15) is 14.0 Å². The van der Waals surface area contributed by atoms with Gasteiger partial charge < -0.3 is 15.1 Å². The van der Waals surface area contributed by atoms with E-state index in [0.717, 1.165) is 6.54 Å². The number of amides is 3. The molecule has 1 unspecified atom stereocenters. The average molecular weight is 358 g/mol. The van der Waals surface area contributed by atoms with Crippen molar-refractivity contribution in [2.45, 2.75) is 6.04 Å². The molecule has 3 rings (SSSR count). The molecular weight excluding hydrogens is 335 g/mol. The molecule has 1 aromatic carbocycles. The molecule has 1 atom stereocenters. The van der Waals surface area contributed by atoms with Gasteiger partial charge in [-0.3, -0.25) is 9.69 Å². The van der Waals surface area contributed by atoms with Gasteiger partial charge in [0.15, 0.2) is 0 Å². The molecule has 3 amide bonds. The molecule has 0 spiro atoms. The lowest BCUT2D eigenvalue weighted by atomic mass is 9.95. The van der Waals surface area contributed by atoms with Gasteiger partial charge in [-0.15, -0.1) is 6.58 Å². The molecule has 2 heterocycles. The third-order valence-electron chi connectivity index (χ3n) is 4.63. The summed E-state index contributed by atoms with van der Waals surface area (Å²) in [5.41, 5.74) is 1.94. The molecule has 0 radical (unpaired) electrons. The number of hydrogen-bond acceptors (Lipinski definition) is 3. The smallest absolute Gasteiger partial charge is 0.322 e. The third-order valence-corrected chi connectivity index (χ3v) is 4.63. The first-order valence-corrected chi connectivity index (χ1v) is 8.53. The molecule has 0 saturated heterocycles. The van der Waals surface area contributed by atoms with Gasteiger partial charge in [-0.2, -0.15) is 0 Å². The van der Waals surface area contributed by atoms with E-state index in [2.05, 4.69) is 11.9 Å². The van der Waals surface area contributed by atoms with Gasteiger partial charge >= 0.3 is 6.03 Å². The minimum absolute atomic E-state index is 0.0924. The summed E-state index contributed by atoms with van der Waals surface area (Å²) in [6, 6.07) is 5.02. The first-order valence-electron chi connectivity index (χ1n) is 8.53. The SMILES string of the molecule is C=CCN1C(=O)NC(c2ccc(F)cc2)C2=C1CN(CCN(C)C)C2=O. The summed E-state index contributed by atoms with van der Waals surface area (Å²) < 4.78 is 13.3. The molecule has 6 nitrogen and oxygen atoms in total. The van der Waals surface area contributed by atoms with Crippen LogP contribution in [0.5, 0.6) is 0 Å². The Bertz CT molecular complexity index is 757. The maximum atomic E-state index is 13.3. The second-order valence-electron chi connectivity index (χ2n) is 6.72. The highest BCUT2D eigenvalue weighted by Gasteiger charge is 2.43. The molecule has 138 valence electrons. The second-order valence-corrected chi connectivity index (χ2v) is 6.72. The van der Waals surface area contributed by atoms with Crippen molar-refractivity contribution in [1.29, 1.82) is 0 Å². The van der Waals surface area contributed by atoms with Crippen LogP contribution in [0.3, 0.4) is 0 Å². The standard InChI is InChI=1S/C19H23FN4O2/c1-4-9-24-15-12-23(11-10-22(2)3)18(25)16(15)17(21-19(24)26)13-5-7-14(20)8-6-13/h4-8,17H,1,9-12H2,2-3H3,(H,21,26). The highest BCUT2D eigenvalue weighted by molar-refractivity contribution is 6.01. The van der Waals surface area contributed by atoms with Gasteiger partial charge in [0.1, 0.15) is 5.82 Å². The molecule has 2 aliphatic heterocycles. The maximum Gasteiger partial charge on any atom is 0.322 e. The van der Waals surface area contributed by atoms with Crippen molar-refractivity contribution in [3.8, 4) is 0 Å². The lowest BCUT2D eigenvalue weighted by molar-refractivity contribution is -0.125. The van der Waals surface area contributed by atoms with Crippen LogP contribution in [0, 0.1) is 5.82 Å². The fourth-order valence-electron chi connectivity index (χ4n) is 3.28. The lowest BCUT2D eigenvalue weighted by Crippen LogP contribution is -2.47. The van der Waals surface area contributed by atoms with Crippen molar-refractivity contribution in [2.24, 2.45) is 0 Å². The fraction of sp³-hybridized carbons (Fsp3) is 0.368. The molecule has 1 N–H and O–H groups in total. The summed E-state index contributed by atoms with van der Waals surface area (Å²) in [6.07, 6.45) is 1.63. The van der Waals surface area contributed by atoms with Crippen molar-refractivity contribution < 1.29 is 14.0 Å². The van der Waals surface area contributed by atoms with Gasteiger partial charge in [-0.05, 0) is 31.8 Å². The van der Waals surface area contributed by atoms with Crippen molar-refractivity contribution >= 4 is 11.9 Å². The van der Waals surface area contributed by atoms with Gasteiger partial charge in [0.05, 0.1) is 23.9 Å². The molecule has 7 heteroatoms. The predicted molar refractivity (Wildman–Crippen MR) is 96.7 cm³/mol. The van der Waals surface area contributed by atoms with E-state index in [1.54, 1.807) is 28.0 Å². The van der Waals surface area contributed by atoms with E-state index in [0.29, 0.717) is 36.5 Å². The summed E-state index contributed by atoms with van der Waals surface area (Å²) in [6.45, 7) is 5.72. The normalized spacial score (nSPS) is 19.9. The van der Waals surface area contributed by atoms with E-state index in [4.69, 9.17) is 0 Å². The number of hydrogen-bond donors (Lipinski definition) is 1. The topological polar surface area (TPSA) is 55.9 Å². The minimum atomic E-state index is -0.573. The number of benzene rings is 1. The Morgan fingerprint density at radius 3 is 2.62 bits per heavy atom. The Balaban J connectivity index is 1.97. The summed E-state index contributed by atoms with van der Waals surface area (Å²) in [7, 11) is 3.90. The molecule has 0 aliphatic carbocycles. The van der Waals surface area contributed by atoms with E-state index >= 15 is 0 Å². The Kier molecular flexibility index (Phi) is 5.08. The van der Waals surface area contributed by atoms with Crippen LogP contribution in [0.25, 0.3) is 0 Å². The number of halogens is 1. The van der Waals surface area contributed by atoms with Gasteiger partial charge in [0.2, 0.25) is 0 Å². The molecule has 1 aromatic rings. The molecule has 26 heavy (non-hydrogen) atoms. The molecule has 2 aliphatic rings. The average Bonchev–Trinajstić information content (AvgIpc) is 2.93. The van der Waals surface area contributed by atoms with Gasteiger partial charge in [0, 0.05) is 19.6 Å². The highest BCUT2D eigenvalue weighted by Crippen LogP contribution is 2.36. The van der Waals surface area contributed by atoms with Crippen molar-refractivity contribution in [3.63, 3.8) is 0 Å². The van der Waals surface area contributed by atoms with E-state index in [1.807, 2.05) is 19.0 Å². The third kappa shape index (κ3) is 3.35. The second kappa shape index (κ2) is 7.29. The van der Waals surface area contributed by atoms with Crippen molar-refractivity contribution in [3.05, 3.63) is 59.6 Å². The van der Waals surface area contributed by atoms with Crippen LogP contribution in [0.2, 0.25) is 0 Å². The summed E-state index contributed by atoms with van der Waals surface area (Å²) in [5, 5.41) is 2.88.